The molecule has 0 radical (unpaired) electrons. The summed E-state index contributed by atoms with van der Waals surface area (Å²) in [6.45, 7) is 0.321. The Labute approximate surface area is 220 Å². The number of aliphatic carboxylic acids is 1. The van der Waals surface area contributed by atoms with E-state index in [0.717, 1.165) is 34.4 Å². The van der Waals surface area contributed by atoms with Crippen molar-refractivity contribution in [3.63, 3.8) is 0 Å². The zero-order chi connectivity index (χ0) is 26.0. The summed E-state index contributed by atoms with van der Waals surface area (Å²) in [6.07, 6.45) is -0.234. The van der Waals surface area contributed by atoms with Crippen LogP contribution in [0.2, 0.25) is 0 Å². The number of nitrogens with one attached hydrogen (secondary N) is 1. The molecule has 1 fully saturated rings. The molecular formula is C29H31NO6S. The van der Waals surface area contributed by atoms with Gasteiger partial charge in [0, 0.05) is 35.6 Å². The Morgan fingerprint density at radius 1 is 0.865 bits per heavy atom. The Morgan fingerprint density at radius 2 is 1.54 bits per heavy atom. The van der Waals surface area contributed by atoms with E-state index in [4.69, 9.17) is 14.6 Å². The molecule has 8 heteroatoms. The number of hydrogen-bond donors (Lipinski definition) is 3. The monoisotopic (exact) mass is 521 g/mol. The van der Waals surface area contributed by atoms with Crippen LogP contribution in [0.15, 0.2) is 83.8 Å². The first-order chi connectivity index (χ1) is 18.0. The molecule has 3 N–H and O–H groups in total. The molecule has 3 atom stereocenters. The predicted octanol–water partition coefficient (Wildman–Crippen LogP) is 5.00. The van der Waals surface area contributed by atoms with Crippen LogP contribution in [-0.2, 0) is 32.2 Å². The quantitative estimate of drug-likeness (QED) is 0.305. The van der Waals surface area contributed by atoms with E-state index >= 15 is 0 Å². The van der Waals surface area contributed by atoms with E-state index in [0.29, 0.717) is 6.54 Å². The number of hydrogen-bond acceptors (Lipinski definition) is 6. The maximum Gasteiger partial charge on any atom is 0.303 e. The highest BCUT2D eigenvalue weighted by molar-refractivity contribution is 7.99. The van der Waals surface area contributed by atoms with Crippen molar-refractivity contribution in [3.8, 4) is 0 Å². The van der Waals surface area contributed by atoms with E-state index in [1.54, 1.807) is 11.8 Å². The Morgan fingerprint density at radius 3 is 2.22 bits per heavy atom. The average molecular weight is 522 g/mol. The average Bonchev–Trinajstić information content (AvgIpc) is 2.94. The third-order valence-electron chi connectivity index (χ3n) is 6.10. The van der Waals surface area contributed by atoms with Gasteiger partial charge in [-0.3, -0.25) is 9.59 Å². The zero-order valence-electron chi connectivity index (χ0n) is 20.4. The fraction of sp³-hybridized carbons (Fsp3) is 0.310. The minimum Gasteiger partial charge on any atom is -0.481 e. The lowest BCUT2D eigenvalue weighted by molar-refractivity contribution is -0.245. The van der Waals surface area contributed by atoms with Crippen molar-refractivity contribution in [3.05, 3.63) is 101 Å². The first-order valence-electron chi connectivity index (χ1n) is 12.3. The highest BCUT2D eigenvalue weighted by Gasteiger charge is 2.32. The standard InChI is InChI=1S/C29H31NO6S/c31-18-21-8-10-22(11-9-21)26-16-24(19-37-25-4-2-1-3-5-25)35-29(36-26)23-12-6-20(7-13-23)17-30-27(32)14-15-28(33)34/h1-13,24,26,29,31H,14-19H2,(H,30,32)(H,33,34)/t24-,26+,29+/m0/s1. The minimum atomic E-state index is -0.991. The molecule has 1 heterocycles. The van der Waals surface area contributed by atoms with Gasteiger partial charge in [0.25, 0.3) is 0 Å². The summed E-state index contributed by atoms with van der Waals surface area (Å²) in [5.41, 5.74) is 3.68. The Balaban J connectivity index is 1.43. The number of thioether (sulfide) groups is 1. The van der Waals surface area contributed by atoms with Gasteiger partial charge in [0.1, 0.15) is 0 Å². The number of aliphatic hydroxyl groups excluding tert-OH is 1. The van der Waals surface area contributed by atoms with Crippen molar-refractivity contribution in [2.45, 2.75) is 55.8 Å². The number of carbonyl (C=O) groups excluding carboxylic acids is 1. The normalized spacial score (nSPS) is 19.3. The van der Waals surface area contributed by atoms with E-state index in [2.05, 4.69) is 17.4 Å². The van der Waals surface area contributed by atoms with Gasteiger partial charge in [-0.25, -0.2) is 0 Å². The maximum absolute atomic E-state index is 11.8. The molecular weight excluding hydrogens is 490 g/mol. The lowest BCUT2D eigenvalue weighted by Gasteiger charge is -2.36. The fourth-order valence-electron chi connectivity index (χ4n) is 4.03. The van der Waals surface area contributed by atoms with Crippen molar-refractivity contribution in [1.82, 2.24) is 5.32 Å². The maximum atomic E-state index is 11.8. The second-order valence-electron chi connectivity index (χ2n) is 8.89. The van der Waals surface area contributed by atoms with Crippen molar-refractivity contribution in [2.24, 2.45) is 0 Å². The summed E-state index contributed by atoms with van der Waals surface area (Å²) in [4.78, 5) is 23.6. The summed E-state index contributed by atoms with van der Waals surface area (Å²) < 4.78 is 12.8. The molecule has 1 aliphatic heterocycles. The Bertz CT molecular complexity index is 1150. The van der Waals surface area contributed by atoms with E-state index in [-0.39, 0.29) is 37.6 Å². The van der Waals surface area contributed by atoms with Crippen molar-refractivity contribution in [1.29, 1.82) is 0 Å². The van der Waals surface area contributed by atoms with Crippen LogP contribution in [0.25, 0.3) is 0 Å². The topological polar surface area (TPSA) is 105 Å². The van der Waals surface area contributed by atoms with Crippen LogP contribution < -0.4 is 5.32 Å². The van der Waals surface area contributed by atoms with Crippen LogP contribution in [0.4, 0.5) is 0 Å². The van der Waals surface area contributed by atoms with Crippen LogP contribution in [0, 0.1) is 0 Å². The molecule has 0 saturated carbocycles. The van der Waals surface area contributed by atoms with Gasteiger partial charge < -0.3 is 25.0 Å². The number of carboxylic acids is 1. The molecule has 37 heavy (non-hydrogen) atoms. The molecule has 1 aliphatic rings. The third-order valence-corrected chi connectivity index (χ3v) is 7.25. The molecule has 0 aliphatic carbocycles. The largest absolute Gasteiger partial charge is 0.481 e. The predicted molar refractivity (Wildman–Crippen MR) is 141 cm³/mol. The third kappa shape index (κ3) is 8.16. The van der Waals surface area contributed by atoms with Gasteiger partial charge in [-0.15, -0.1) is 11.8 Å². The van der Waals surface area contributed by atoms with E-state index < -0.39 is 12.3 Å². The molecule has 3 aromatic rings. The Kier molecular flexibility index (Phi) is 9.73. The molecule has 0 aromatic heterocycles. The molecule has 1 saturated heterocycles. The molecule has 7 nitrogen and oxygen atoms in total. The number of benzene rings is 3. The Hall–Kier alpha value is -3.17. The van der Waals surface area contributed by atoms with Gasteiger partial charge in [-0.1, -0.05) is 66.7 Å². The first kappa shape index (κ1) is 26.9. The van der Waals surface area contributed by atoms with E-state index in [9.17, 15) is 14.7 Å². The highest BCUT2D eigenvalue weighted by atomic mass is 32.2. The first-order valence-corrected chi connectivity index (χ1v) is 13.2. The van der Waals surface area contributed by atoms with Crippen molar-refractivity contribution in [2.75, 3.05) is 5.75 Å². The molecule has 0 spiro atoms. The summed E-state index contributed by atoms with van der Waals surface area (Å²) in [5, 5.41) is 20.8. The number of amides is 1. The molecule has 0 unspecified atom stereocenters. The van der Waals surface area contributed by atoms with Gasteiger partial charge >= 0.3 is 5.97 Å². The fourth-order valence-corrected chi connectivity index (χ4v) is 4.97. The van der Waals surface area contributed by atoms with Crippen LogP contribution in [0.5, 0.6) is 0 Å². The van der Waals surface area contributed by atoms with Gasteiger partial charge in [-0.2, -0.15) is 0 Å². The SMILES string of the molecule is O=C(O)CCC(=O)NCc1ccc([C@@H]2O[C@H](CSc3ccccc3)C[C@H](c3ccc(CO)cc3)O2)cc1. The second-order valence-corrected chi connectivity index (χ2v) is 9.98. The van der Waals surface area contributed by atoms with Crippen LogP contribution in [0.1, 0.15) is 53.9 Å². The van der Waals surface area contributed by atoms with Crippen LogP contribution >= 0.6 is 11.8 Å². The van der Waals surface area contributed by atoms with E-state index in [1.165, 1.54) is 4.90 Å². The van der Waals surface area contributed by atoms with Gasteiger partial charge in [-0.05, 0) is 28.8 Å². The summed E-state index contributed by atoms with van der Waals surface area (Å²) in [5.74, 6) is -0.496. The number of carboxylic acid groups (broad SMARTS) is 1. The van der Waals surface area contributed by atoms with Gasteiger partial charge in [0.2, 0.25) is 5.91 Å². The summed E-state index contributed by atoms with van der Waals surface area (Å²) in [7, 11) is 0. The van der Waals surface area contributed by atoms with Crippen molar-refractivity contribution >= 4 is 23.6 Å². The van der Waals surface area contributed by atoms with Gasteiger partial charge in [0.05, 0.1) is 25.2 Å². The smallest absolute Gasteiger partial charge is 0.303 e. The second kappa shape index (κ2) is 13.4. The van der Waals surface area contributed by atoms with Crippen LogP contribution in [0.3, 0.4) is 0 Å². The number of aliphatic hydroxyl groups is 1. The molecule has 4 rings (SSSR count). The summed E-state index contributed by atoms with van der Waals surface area (Å²) >= 11 is 1.75. The number of rotatable bonds is 11. The summed E-state index contributed by atoms with van der Waals surface area (Å²) in [6, 6.07) is 25.7. The van der Waals surface area contributed by atoms with Gasteiger partial charge in [0.15, 0.2) is 6.29 Å². The lowest BCUT2D eigenvalue weighted by atomic mass is 10.0. The van der Waals surface area contributed by atoms with Crippen LogP contribution in [-0.4, -0.2) is 33.9 Å². The molecule has 3 aromatic carbocycles. The minimum absolute atomic E-state index is 0.000241. The number of carbonyl (C=O) groups is 2. The number of ether oxygens (including phenoxy) is 2. The molecule has 0 bridgehead atoms. The molecule has 194 valence electrons. The zero-order valence-corrected chi connectivity index (χ0v) is 21.2. The lowest BCUT2D eigenvalue weighted by Crippen LogP contribution is -2.31. The van der Waals surface area contributed by atoms with E-state index in [1.807, 2.05) is 66.7 Å². The van der Waals surface area contributed by atoms with Crippen molar-refractivity contribution < 1.29 is 29.3 Å². The molecule has 1 amide bonds. The highest BCUT2D eigenvalue weighted by Crippen LogP contribution is 2.39.